The van der Waals surface area contributed by atoms with Crippen molar-refractivity contribution in [2.45, 2.75) is 19.9 Å². The number of fused-ring (bicyclic) bond motifs is 1. The lowest BCUT2D eigenvalue weighted by molar-refractivity contribution is -0.139. The van der Waals surface area contributed by atoms with Crippen LogP contribution in [-0.2, 0) is 9.53 Å². The van der Waals surface area contributed by atoms with E-state index in [1.54, 1.807) is 36.6 Å². The van der Waals surface area contributed by atoms with Crippen molar-refractivity contribution in [3.05, 3.63) is 126 Å². The molecule has 0 fully saturated rings. The maximum absolute atomic E-state index is 13.7. The standard InChI is InChI=1S/C29H23ClN2O4S/c1-3-35-28(34)25-18(2)31-29-32(27(33)24(37-29)16-19-12-14-21(30)15-13-19)26(25)20-8-7-11-23(17-20)36-22-9-5-4-6-10-22/h4-17,26H,3H2,1-2H3/b24-16-/t26-/m1/s1. The Balaban J connectivity index is 1.66. The second-order valence-corrected chi connectivity index (χ2v) is 9.79. The van der Waals surface area contributed by atoms with Crippen LogP contribution < -0.4 is 19.6 Å². The fourth-order valence-corrected chi connectivity index (χ4v) is 5.36. The molecule has 1 aliphatic heterocycles. The van der Waals surface area contributed by atoms with Crippen molar-refractivity contribution in [1.82, 2.24) is 4.57 Å². The molecule has 1 atom stereocenters. The molecule has 1 aliphatic rings. The zero-order chi connectivity index (χ0) is 25.9. The van der Waals surface area contributed by atoms with Gasteiger partial charge in [0.25, 0.3) is 5.56 Å². The summed E-state index contributed by atoms with van der Waals surface area (Å²) in [5.41, 5.74) is 2.14. The number of hydrogen-bond donors (Lipinski definition) is 0. The maximum atomic E-state index is 13.7. The van der Waals surface area contributed by atoms with Gasteiger partial charge in [-0.15, -0.1) is 0 Å². The Labute approximate surface area is 222 Å². The number of thiazole rings is 1. The van der Waals surface area contributed by atoms with Gasteiger partial charge in [-0.05, 0) is 67.4 Å². The van der Waals surface area contributed by atoms with Crippen molar-refractivity contribution in [1.29, 1.82) is 0 Å². The van der Waals surface area contributed by atoms with Gasteiger partial charge in [-0.3, -0.25) is 9.36 Å². The van der Waals surface area contributed by atoms with Crippen molar-refractivity contribution in [2.75, 3.05) is 6.61 Å². The summed E-state index contributed by atoms with van der Waals surface area (Å²) in [6, 6.07) is 23.3. The zero-order valence-electron chi connectivity index (χ0n) is 20.2. The van der Waals surface area contributed by atoms with E-state index in [2.05, 4.69) is 4.99 Å². The van der Waals surface area contributed by atoms with Crippen LogP contribution >= 0.6 is 22.9 Å². The monoisotopic (exact) mass is 530 g/mol. The molecule has 0 saturated carbocycles. The minimum absolute atomic E-state index is 0.209. The van der Waals surface area contributed by atoms with E-state index < -0.39 is 12.0 Å². The number of esters is 1. The number of nitrogens with zero attached hydrogens (tertiary/aromatic N) is 2. The van der Waals surface area contributed by atoms with Crippen LogP contribution in [0.1, 0.15) is 31.0 Å². The molecule has 0 aliphatic carbocycles. The van der Waals surface area contributed by atoms with Crippen LogP contribution in [0.4, 0.5) is 0 Å². The lowest BCUT2D eigenvalue weighted by Gasteiger charge is -2.25. The van der Waals surface area contributed by atoms with Crippen molar-refractivity contribution in [3.63, 3.8) is 0 Å². The SMILES string of the molecule is CCOC(=O)C1=C(C)N=c2s/c(=C\c3ccc(Cl)cc3)c(=O)n2[C@@H]1c1cccc(Oc2ccccc2)c1. The second-order valence-electron chi connectivity index (χ2n) is 8.34. The van der Waals surface area contributed by atoms with Crippen LogP contribution in [-0.4, -0.2) is 17.1 Å². The van der Waals surface area contributed by atoms with Crippen LogP contribution in [0.5, 0.6) is 11.5 Å². The molecule has 3 aromatic carbocycles. The third kappa shape index (κ3) is 5.14. The summed E-state index contributed by atoms with van der Waals surface area (Å²) in [5.74, 6) is 0.767. The van der Waals surface area contributed by atoms with Gasteiger partial charge in [-0.1, -0.05) is 65.4 Å². The topological polar surface area (TPSA) is 69.9 Å². The molecule has 37 heavy (non-hydrogen) atoms. The summed E-state index contributed by atoms with van der Waals surface area (Å²) in [7, 11) is 0. The van der Waals surface area contributed by atoms with Crippen LogP contribution in [0, 0.1) is 0 Å². The first kappa shape index (κ1) is 24.7. The number of ether oxygens (including phenoxy) is 2. The Morgan fingerprint density at radius 3 is 2.51 bits per heavy atom. The number of halogens is 1. The molecule has 0 radical (unpaired) electrons. The smallest absolute Gasteiger partial charge is 0.338 e. The molecule has 6 nitrogen and oxygen atoms in total. The minimum Gasteiger partial charge on any atom is -0.463 e. The van der Waals surface area contributed by atoms with Gasteiger partial charge in [0.05, 0.1) is 28.5 Å². The van der Waals surface area contributed by atoms with Gasteiger partial charge >= 0.3 is 5.97 Å². The van der Waals surface area contributed by atoms with E-state index in [0.717, 1.165) is 5.56 Å². The third-order valence-electron chi connectivity index (χ3n) is 5.84. The molecule has 0 spiro atoms. The molecule has 2 heterocycles. The first-order valence-electron chi connectivity index (χ1n) is 11.7. The number of hydrogen-bond acceptors (Lipinski definition) is 6. The summed E-state index contributed by atoms with van der Waals surface area (Å²) in [6.45, 7) is 3.72. The van der Waals surface area contributed by atoms with Crippen molar-refractivity contribution < 1.29 is 14.3 Å². The molecule has 0 saturated heterocycles. The second kappa shape index (κ2) is 10.6. The van der Waals surface area contributed by atoms with Gasteiger partial charge in [-0.25, -0.2) is 9.79 Å². The Kier molecular flexibility index (Phi) is 7.08. The highest BCUT2D eigenvalue weighted by Gasteiger charge is 2.33. The quantitative estimate of drug-likeness (QED) is 0.319. The summed E-state index contributed by atoms with van der Waals surface area (Å²) < 4.78 is 13.5. The van der Waals surface area contributed by atoms with Crippen LogP contribution in [0.3, 0.4) is 0 Å². The molecular formula is C29H23ClN2O4S. The molecule has 1 aromatic heterocycles. The number of rotatable bonds is 6. The summed E-state index contributed by atoms with van der Waals surface area (Å²) >= 11 is 7.29. The number of carbonyl (C=O) groups is 1. The van der Waals surface area contributed by atoms with Gasteiger partial charge in [0.1, 0.15) is 11.5 Å². The molecule has 5 rings (SSSR count). The summed E-state index contributed by atoms with van der Waals surface area (Å²) in [5, 5.41) is 0.617. The van der Waals surface area contributed by atoms with Crippen LogP contribution in [0.25, 0.3) is 6.08 Å². The Morgan fingerprint density at radius 2 is 1.78 bits per heavy atom. The molecule has 0 bridgehead atoms. The molecule has 8 heteroatoms. The maximum Gasteiger partial charge on any atom is 0.338 e. The number of para-hydroxylation sites is 1. The van der Waals surface area contributed by atoms with E-state index in [9.17, 15) is 9.59 Å². The van der Waals surface area contributed by atoms with E-state index in [1.807, 2.05) is 66.7 Å². The van der Waals surface area contributed by atoms with Gasteiger partial charge in [0.2, 0.25) is 0 Å². The van der Waals surface area contributed by atoms with Crippen molar-refractivity contribution in [2.24, 2.45) is 4.99 Å². The molecular weight excluding hydrogens is 508 g/mol. The van der Waals surface area contributed by atoms with E-state index in [-0.39, 0.29) is 12.2 Å². The Morgan fingerprint density at radius 1 is 1.05 bits per heavy atom. The van der Waals surface area contributed by atoms with Crippen LogP contribution in [0.2, 0.25) is 5.02 Å². The molecule has 0 N–H and O–H groups in total. The highest BCUT2D eigenvalue weighted by Crippen LogP contribution is 2.33. The molecule has 4 aromatic rings. The zero-order valence-corrected chi connectivity index (χ0v) is 21.8. The molecule has 0 unspecified atom stereocenters. The van der Waals surface area contributed by atoms with E-state index in [1.165, 1.54) is 11.3 Å². The van der Waals surface area contributed by atoms with E-state index >= 15 is 0 Å². The van der Waals surface area contributed by atoms with Gasteiger partial charge in [0.15, 0.2) is 4.80 Å². The first-order chi connectivity index (χ1) is 17.9. The van der Waals surface area contributed by atoms with E-state index in [4.69, 9.17) is 21.1 Å². The highest BCUT2D eigenvalue weighted by atomic mass is 35.5. The predicted molar refractivity (Wildman–Crippen MR) is 145 cm³/mol. The average molecular weight is 531 g/mol. The third-order valence-corrected chi connectivity index (χ3v) is 7.07. The Bertz CT molecular complexity index is 1670. The van der Waals surface area contributed by atoms with Crippen molar-refractivity contribution >= 4 is 35.0 Å². The number of carbonyl (C=O) groups excluding carboxylic acids is 1. The summed E-state index contributed by atoms with van der Waals surface area (Å²) in [4.78, 5) is 32.0. The number of benzene rings is 3. The molecule has 186 valence electrons. The van der Waals surface area contributed by atoms with E-state index in [0.29, 0.717) is 42.7 Å². The fraction of sp³-hybridized carbons (Fsp3) is 0.138. The lowest BCUT2D eigenvalue weighted by Crippen LogP contribution is -2.39. The first-order valence-corrected chi connectivity index (χ1v) is 12.9. The van der Waals surface area contributed by atoms with Gasteiger partial charge in [0, 0.05) is 5.02 Å². The van der Waals surface area contributed by atoms with Crippen LogP contribution in [0.15, 0.2) is 99.9 Å². The molecule has 0 amide bonds. The number of allylic oxidation sites excluding steroid dienone is 1. The number of aromatic nitrogens is 1. The largest absolute Gasteiger partial charge is 0.463 e. The fourth-order valence-electron chi connectivity index (χ4n) is 4.19. The van der Waals surface area contributed by atoms with Gasteiger partial charge < -0.3 is 9.47 Å². The Hall–Kier alpha value is -3.94. The lowest BCUT2D eigenvalue weighted by atomic mass is 9.95. The normalized spacial score (nSPS) is 15.2. The minimum atomic E-state index is -0.720. The predicted octanol–water partition coefficient (Wildman–Crippen LogP) is 5.24. The summed E-state index contributed by atoms with van der Waals surface area (Å²) in [6.07, 6.45) is 1.80. The van der Waals surface area contributed by atoms with Crippen molar-refractivity contribution in [3.8, 4) is 11.5 Å². The highest BCUT2D eigenvalue weighted by molar-refractivity contribution is 7.07. The van der Waals surface area contributed by atoms with Gasteiger partial charge in [-0.2, -0.15) is 0 Å². The average Bonchev–Trinajstić information content (AvgIpc) is 3.19.